The van der Waals surface area contributed by atoms with Crippen molar-refractivity contribution in [1.82, 2.24) is 4.40 Å². The molecule has 106 valence electrons. The molecule has 3 rings (SSSR count). The van der Waals surface area contributed by atoms with Gasteiger partial charge in [0.2, 0.25) is 0 Å². The summed E-state index contributed by atoms with van der Waals surface area (Å²) < 4.78 is 8.04. The zero-order valence-corrected chi connectivity index (χ0v) is 13.3. The maximum atomic E-state index is 11.6. The van der Waals surface area contributed by atoms with Gasteiger partial charge in [-0.1, -0.05) is 22.0 Å². The number of aldehydes is 1. The SMILES string of the molecule is COc1ccc(-c2cc3ccc(C)cn3c2C=O)c(Br)c1. The number of methoxy groups -OCH3 is 1. The quantitative estimate of drug-likeness (QED) is 0.655. The zero-order valence-electron chi connectivity index (χ0n) is 11.8. The van der Waals surface area contributed by atoms with E-state index in [2.05, 4.69) is 15.9 Å². The van der Waals surface area contributed by atoms with Crippen LogP contribution in [0.1, 0.15) is 16.1 Å². The highest BCUT2D eigenvalue weighted by molar-refractivity contribution is 9.10. The van der Waals surface area contributed by atoms with Crippen LogP contribution >= 0.6 is 15.9 Å². The number of pyridine rings is 1. The fraction of sp³-hybridized carbons (Fsp3) is 0.118. The molecule has 3 nitrogen and oxygen atoms in total. The molecule has 3 aromatic rings. The summed E-state index contributed by atoms with van der Waals surface area (Å²) in [5.41, 5.74) is 4.64. The van der Waals surface area contributed by atoms with Crippen molar-refractivity contribution in [2.24, 2.45) is 0 Å². The van der Waals surface area contributed by atoms with Crippen LogP contribution in [-0.4, -0.2) is 17.8 Å². The van der Waals surface area contributed by atoms with Gasteiger partial charge in [0.1, 0.15) is 5.75 Å². The number of carbonyl (C=O) groups excluding carboxylic acids is 1. The summed E-state index contributed by atoms with van der Waals surface area (Å²) in [4.78, 5) is 11.6. The van der Waals surface area contributed by atoms with Gasteiger partial charge in [0.15, 0.2) is 6.29 Å². The number of ether oxygens (including phenoxy) is 1. The van der Waals surface area contributed by atoms with E-state index in [1.165, 1.54) is 0 Å². The molecule has 0 aliphatic heterocycles. The van der Waals surface area contributed by atoms with Crippen molar-refractivity contribution in [3.63, 3.8) is 0 Å². The molecule has 0 N–H and O–H groups in total. The van der Waals surface area contributed by atoms with Crippen molar-refractivity contribution in [1.29, 1.82) is 0 Å². The average molecular weight is 344 g/mol. The molecular weight excluding hydrogens is 330 g/mol. The van der Waals surface area contributed by atoms with Crippen LogP contribution in [0.4, 0.5) is 0 Å². The molecular formula is C17H14BrNO2. The summed E-state index contributed by atoms with van der Waals surface area (Å²) >= 11 is 3.55. The highest BCUT2D eigenvalue weighted by atomic mass is 79.9. The molecule has 21 heavy (non-hydrogen) atoms. The zero-order chi connectivity index (χ0) is 15.0. The van der Waals surface area contributed by atoms with Crippen molar-refractivity contribution in [3.8, 4) is 16.9 Å². The van der Waals surface area contributed by atoms with E-state index in [0.29, 0.717) is 5.69 Å². The number of aromatic nitrogens is 1. The van der Waals surface area contributed by atoms with E-state index in [9.17, 15) is 4.79 Å². The van der Waals surface area contributed by atoms with Crippen LogP contribution in [0.15, 0.2) is 47.1 Å². The number of benzene rings is 1. The third-order valence-electron chi connectivity index (χ3n) is 3.53. The van der Waals surface area contributed by atoms with E-state index in [-0.39, 0.29) is 0 Å². The molecule has 2 heterocycles. The fourth-order valence-electron chi connectivity index (χ4n) is 2.47. The van der Waals surface area contributed by atoms with Gasteiger partial charge in [-0.15, -0.1) is 0 Å². The van der Waals surface area contributed by atoms with Crippen molar-refractivity contribution >= 4 is 27.7 Å². The van der Waals surface area contributed by atoms with E-state index < -0.39 is 0 Å². The molecule has 2 aromatic heterocycles. The minimum absolute atomic E-state index is 0.652. The smallest absolute Gasteiger partial charge is 0.167 e. The highest BCUT2D eigenvalue weighted by Crippen LogP contribution is 2.35. The second-order valence-corrected chi connectivity index (χ2v) is 5.76. The number of aryl methyl sites for hydroxylation is 1. The largest absolute Gasteiger partial charge is 0.497 e. The van der Waals surface area contributed by atoms with Gasteiger partial charge in [0, 0.05) is 21.7 Å². The van der Waals surface area contributed by atoms with Crippen LogP contribution in [0.5, 0.6) is 5.75 Å². The van der Waals surface area contributed by atoms with E-state index in [0.717, 1.165) is 38.7 Å². The number of hydrogen-bond acceptors (Lipinski definition) is 2. The standard InChI is InChI=1S/C17H14BrNO2/c1-11-3-4-12-7-15(17(10-20)19(12)9-11)14-6-5-13(21-2)8-16(14)18/h3-10H,1-2H3. The third kappa shape index (κ3) is 2.36. The van der Waals surface area contributed by atoms with Crippen LogP contribution in [0, 0.1) is 6.92 Å². The number of fused-ring (bicyclic) bond motifs is 1. The highest BCUT2D eigenvalue weighted by Gasteiger charge is 2.14. The molecule has 0 bridgehead atoms. The summed E-state index contributed by atoms with van der Waals surface area (Å²) in [6, 6.07) is 11.8. The van der Waals surface area contributed by atoms with Crippen LogP contribution in [0.2, 0.25) is 0 Å². The minimum Gasteiger partial charge on any atom is -0.497 e. The van der Waals surface area contributed by atoms with Gasteiger partial charge in [-0.25, -0.2) is 0 Å². The molecule has 4 heteroatoms. The first-order chi connectivity index (χ1) is 10.1. The lowest BCUT2D eigenvalue weighted by molar-refractivity contribution is 0.111. The number of nitrogens with zero attached hydrogens (tertiary/aromatic N) is 1. The van der Waals surface area contributed by atoms with Crippen molar-refractivity contribution < 1.29 is 9.53 Å². The van der Waals surface area contributed by atoms with E-state index >= 15 is 0 Å². The molecule has 1 aromatic carbocycles. The molecule has 0 aliphatic carbocycles. The predicted octanol–water partition coefficient (Wildman–Crippen LogP) is 4.50. The van der Waals surface area contributed by atoms with Gasteiger partial charge >= 0.3 is 0 Å². The van der Waals surface area contributed by atoms with Crippen LogP contribution < -0.4 is 4.74 Å². The Bertz CT molecular complexity index is 836. The van der Waals surface area contributed by atoms with Gasteiger partial charge in [-0.2, -0.15) is 0 Å². The summed E-state index contributed by atoms with van der Waals surface area (Å²) in [5, 5.41) is 0. The maximum absolute atomic E-state index is 11.6. The Morgan fingerprint density at radius 2 is 1.95 bits per heavy atom. The molecule has 0 saturated heterocycles. The number of rotatable bonds is 3. The number of halogens is 1. The minimum atomic E-state index is 0.652. The number of carbonyl (C=O) groups is 1. The van der Waals surface area contributed by atoms with Crippen LogP contribution in [0.25, 0.3) is 16.6 Å². The average Bonchev–Trinajstić information content (AvgIpc) is 2.84. The lowest BCUT2D eigenvalue weighted by Gasteiger charge is -2.06. The Morgan fingerprint density at radius 3 is 2.62 bits per heavy atom. The first-order valence-corrected chi connectivity index (χ1v) is 7.34. The number of hydrogen-bond donors (Lipinski definition) is 0. The molecule has 0 atom stereocenters. The first kappa shape index (κ1) is 13.9. The summed E-state index contributed by atoms with van der Waals surface area (Å²) in [6.07, 6.45) is 2.87. The molecule has 0 unspecified atom stereocenters. The monoisotopic (exact) mass is 343 g/mol. The van der Waals surface area contributed by atoms with Gasteiger partial charge in [-0.3, -0.25) is 4.79 Å². The van der Waals surface area contributed by atoms with Crippen LogP contribution in [-0.2, 0) is 0 Å². The molecule has 0 aliphatic rings. The van der Waals surface area contributed by atoms with Crippen LogP contribution in [0.3, 0.4) is 0 Å². The third-order valence-corrected chi connectivity index (χ3v) is 4.19. The van der Waals surface area contributed by atoms with E-state index in [1.807, 2.05) is 53.9 Å². The lowest BCUT2D eigenvalue weighted by Crippen LogP contribution is -1.93. The van der Waals surface area contributed by atoms with Gasteiger partial charge in [0.25, 0.3) is 0 Å². The summed E-state index contributed by atoms with van der Waals surface area (Å²) in [7, 11) is 1.63. The Labute approximate surface area is 131 Å². The summed E-state index contributed by atoms with van der Waals surface area (Å²) in [5.74, 6) is 0.776. The van der Waals surface area contributed by atoms with E-state index in [4.69, 9.17) is 4.74 Å². The van der Waals surface area contributed by atoms with E-state index in [1.54, 1.807) is 7.11 Å². The topological polar surface area (TPSA) is 30.7 Å². The van der Waals surface area contributed by atoms with Gasteiger partial charge < -0.3 is 9.14 Å². The second kappa shape index (κ2) is 5.37. The Hall–Kier alpha value is -2.07. The predicted molar refractivity (Wildman–Crippen MR) is 87.2 cm³/mol. The van der Waals surface area contributed by atoms with Crippen molar-refractivity contribution in [3.05, 3.63) is 58.3 Å². The molecule has 0 radical (unpaired) electrons. The van der Waals surface area contributed by atoms with Crippen molar-refractivity contribution in [2.75, 3.05) is 7.11 Å². The fourth-order valence-corrected chi connectivity index (χ4v) is 3.04. The normalized spacial score (nSPS) is 10.8. The second-order valence-electron chi connectivity index (χ2n) is 4.91. The lowest BCUT2D eigenvalue weighted by atomic mass is 10.1. The maximum Gasteiger partial charge on any atom is 0.167 e. The molecule has 0 saturated carbocycles. The molecule has 0 fully saturated rings. The first-order valence-electron chi connectivity index (χ1n) is 6.55. The Balaban J connectivity index is 2.27. The van der Waals surface area contributed by atoms with Crippen molar-refractivity contribution in [2.45, 2.75) is 6.92 Å². The van der Waals surface area contributed by atoms with Gasteiger partial charge in [-0.05, 0) is 48.4 Å². The molecule has 0 amide bonds. The Kier molecular flexibility index (Phi) is 3.55. The Morgan fingerprint density at radius 1 is 1.14 bits per heavy atom. The summed E-state index contributed by atoms with van der Waals surface area (Å²) in [6.45, 7) is 2.01. The molecule has 0 spiro atoms. The van der Waals surface area contributed by atoms with Gasteiger partial charge in [0.05, 0.1) is 12.8 Å².